The molecule has 0 spiro atoms. The topological polar surface area (TPSA) is 0 Å². The minimum absolute atomic E-state index is 0.986. The molecule has 0 radical (unpaired) electrons. The smallest absolute Gasteiger partial charge is 0.00947 e. The number of rotatable bonds is 2. The van der Waals surface area contributed by atoms with Crippen LogP contribution in [0.4, 0.5) is 0 Å². The lowest BCUT2D eigenvalue weighted by Crippen LogP contribution is -1.97. The average Bonchev–Trinajstić information content (AvgIpc) is 2.09. The van der Waals surface area contributed by atoms with Gasteiger partial charge in [0.05, 0.1) is 0 Å². The monoisotopic (exact) mass is 174 g/mol. The Balaban J connectivity index is 3.36. The van der Waals surface area contributed by atoms with Crippen LogP contribution >= 0.6 is 0 Å². The highest BCUT2D eigenvalue weighted by Crippen LogP contribution is 2.21. The maximum atomic E-state index is 3.80. The summed E-state index contributed by atoms with van der Waals surface area (Å²) in [6.07, 6.45) is 2.97. The van der Waals surface area contributed by atoms with Crippen LogP contribution in [0.2, 0.25) is 0 Å². The minimum Gasteiger partial charge on any atom is -0.103 e. The summed E-state index contributed by atoms with van der Waals surface area (Å²) in [7, 11) is 0. The Morgan fingerprint density at radius 3 is 1.92 bits per heavy atom. The average molecular weight is 174 g/mol. The first-order valence-electron chi connectivity index (χ1n) is 4.75. The van der Waals surface area contributed by atoms with Crippen LogP contribution in [-0.4, -0.2) is 0 Å². The molecular formula is C13H18. The summed E-state index contributed by atoms with van der Waals surface area (Å²) in [5.41, 5.74) is 7.07. The summed E-state index contributed by atoms with van der Waals surface area (Å²) in [6, 6.07) is 2.26. The van der Waals surface area contributed by atoms with Crippen LogP contribution in [0.25, 0.3) is 0 Å². The molecule has 0 atom stereocenters. The second-order valence-corrected chi connectivity index (χ2v) is 3.73. The highest BCUT2D eigenvalue weighted by Gasteiger charge is 2.05. The Bertz CT molecular complexity index is 306. The van der Waals surface area contributed by atoms with Gasteiger partial charge in [0, 0.05) is 0 Å². The van der Waals surface area contributed by atoms with E-state index in [1.165, 1.54) is 27.8 Å². The van der Waals surface area contributed by atoms with E-state index in [1.54, 1.807) is 0 Å². The van der Waals surface area contributed by atoms with Crippen LogP contribution in [0.15, 0.2) is 18.7 Å². The summed E-state index contributed by atoms with van der Waals surface area (Å²) in [5, 5.41) is 0. The molecule has 0 nitrogen and oxygen atoms in total. The van der Waals surface area contributed by atoms with Gasteiger partial charge in [0.15, 0.2) is 0 Å². The Kier molecular flexibility index (Phi) is 2.92. The Morgan fingerprint density at radius 2 is 1.54 bits per heavy atom. The molecule has 0 bridgehead atoms. The third-order valence-electron chi connectivity index (χ3n) is 2.87. The summed E-state index contributed by atoms with van der Waals surface area (Å²) < 4.78 is 0. The van der Waals surface area contributed by atoms with E-state index in [0.29, 0.717) is 0 Å². The molecule has 0 amide bonds. The zero-order valence-electron chi connectivity index (χ0n) is 9.07. The zero-order chi connectivity index (χ0) is 10.0. The minimum atomic E-state index is 0.986. The Morgan fingerprint density at radius 1 is 1.08 bits per heavy atom. The van der Waals surface area contributed by atoms with Gasteiger partial charge in [-0.15, -0.1) is 6.58 Å². The van der Waals surface area contributed by atoms with E-state index < -0.39 is 0 Å². The van der Waals surface area contributed by atoms with Gasteiger partial charge >= 0.3 is 0 Å². The predicted molar refractivity (Wildman–Crippen MR) is 59.3 cm³/mol. The Labute approximate surface area is 81.3 Å². The van der Waals surface area contributed by atoms with E-state index in [0.717, 1.165) is 6.42 Å². The summed E-state index contributed by atoms with van der Waals surface area (Å²) >= 11 is 0. The third kappa shape index (κ3) is 1.82. The maximum Gasteiger partial charge on any atom is -0.00947 e. The molecule has 13 heavy (non-hydrogen) atoms. The fourth-order valence-electron chi connectivity index (χ4n) is 1.75. The van der Waals surface area contributed by atoms with Gasteiger partial charge in [0.25, 0.3) is 0 Å². The third-order valence-corrected chi connectivity index (χ3v) is 2.87. The first kappa shape index (κ1) is 10.0. The van der Waals surface area contributed by atoms with Crippen molar-refractivity contribution in [2.24, 2.45) is 0 Å². The predicted octanol–water partition coefficient (Wildman–Crippen LogP) is 3.65. The van der Waals surface area contributed by atoms with E-state index >= 15 is 0 Å². The van der Waals surface area contributed by atoms with Crippen LogP contribution in [-0.2, 0) is 6.42 Å². The van der Waals surface area contributed by atoms with Crippen LogP contribution in [0.3, 0.4) is 0 Å². The summed E-state index contributed by atoms with van der Waals surface area (Å²) in [4.78, 5) is 0. The lowest BCUT2D eigenvalue weighted by molar-refractivity contribution is 1.12. The molecule has 1 aromatic carbocycles. The van der Waals surface area contributed by atoms with Crippen LogP contribution < -0.4 is 0 Å². The van der Waals surface area contributed by atoms with E-state index in [-0.39, 0.29) is 0 Å². The van der Waals surface area contributed by atoms with Crippen LogP contribution in [0.1, 0.15) is 27.8 Å². The van der Waals surface area contributed by atoms with Crippen molar-refractivity contribution in [3.63, 3.8) is 0 Å². The largest absolute Gasteiger partial charge is 0.103 e. The van der Waals surface area contributed by atoms with Gasteiger partial charge < -0.3 is 0 Å². The molecule has 0 heterocycles. The molecule has 1 rings (SSSR count). The summed E-state index contributed by atoms with van der Waals surface area (Å²) in [5.74, 6) is 0. The molecule has 70 valence electrons. The molecule has 0 N–H and O–H groups in total. The van der Waals surface area contributed by atoms with Crippen molar-refractivity contribution in [2.75, 3.05) is 0 Å². The van der Waals surface area contributed by atoms with Gasteiger partial charge in [-0.05, 0) is 61.9 Å². The lowest BCUT2D eigenvalue weighted by Gasteiger charge is -2.13. The molecule has 0 saturated heterocycles. The molecule has 0 fully saturated rings. The molecule has 0 aromatic heterocycles. The highest BCUT2D eigenvalue weighted by molar-refractivity contribution is 5.44. The van der Waals surface area contributed by atoms with Gasteiger partial charge in [0.2, 0.25) is 0 Å². The number of benzene rings is 1. The standard InChI is InChI=1S/C13H18/c1-6-7-13-11(4)9(2)8-10(3)12(13)5/h6,8H,1,7H2,2-5H3. The Hall–Kier alpha value is -1.04. The second kappa shape index (κ2) is 3.78. The van der Waals surface area contributed by atoms with Gasteiger partial charge in [-0.2, -0.15) is 0 Å². The zero-order valence-corrected chi connectivity index (χ0v) is 9.07. The first-order valence-corrected chi connectivity index (χ1v) is 4.75. The fourth-order valence-corrected chi connectivity index (χ4v) is 1.75. The SMILES string of the molecule is C=CCc1c(C)c(C)cc(C)c1C. The molecule has 0 unspecified atom stereocenters. The van der Waals surface area contributed by atoms with Gasteiger partial charge in [-0.1, -0.05) is 12.1 Å². The van der Waals surface area contributed by atoms with Crippen molar-refractivity contribution >= 4 is 0 Å². The molecular weight excluding hydrogens is 156 g/mol. The van der Waals surface area contributed by atoms with Crippen molar-refractivity contribution < 1.29 is 0 Å². The number of allylic oxidation sites excluding steroid dienone is 1. The molecule has 0 aliphatic rings. The quantitative estimate of drug-likeness (QED) is 0.600. The number of hydrogen-bond acceptors (Lipinski definition) is 0. The fraction of sp³-hybridized carbons (Fsp3) is 0.385. The van der Waals surface area contributed by atoms with Crippen molar-refractivity contribution in [3.05, 3.63) is 46.5 Å². The van der Waals surface area contributed by atoms with Gasteiger partial charge in [-0.25, -0.2) is 0 Å². The molecule has 1 aromatic rings. The lowest BCUT2D eigenvalue weighted by atomic mass is 9.92. The highest BCUT2D eigenvalue weighted by atomic mass is 14.1. The van der Waals surface area contributed by atoms with Crippen molar-refractivity contribution in [2.45, 2.75) is 34.1 Å². The van der Waals surface area contributed by atoms with Crippen LogP contribution in [0, 0.1) is 27.7 Å². The molecule has 0 aliphatic carbocycles. The molecule has 0 heteroatoms. The van der Waals surface area contributed by atoms with Crippen LogP contribution in [0.5, 0.6) is 0 Å². The molecule has 0 aliphatic heterocycles. The normalized spacial score (nSPS) is 10.2. The van der Waals surface area contributed by atoms with Gasteiger partial charge in [-0.3, -0.25) is 0 Å². The van der Waals surface area contributed by atoms with Crippen molar-refractivity contribution in [1.82, 2.24) is 0 Å². The number of hydrogen-bond donors (Lipinski definition) is 0. The first-order chi connectivity index (χ1) is 6.07. The van der Waals surface area contributed by atoms with E-state index in [1.807, 2.05) is 6.08 Å². The van der Waals surface area contributed by atoms with E-state index in [2.05, 4.69) is 40.3 Å². The maximum absolute atomic E-state index is 3.80. The van der Waals surface area contributed by atoms with Crippen molar-refractivity contribution in [3.8, 4) is 0 Å². The number of aryl methyl sites for hydroxylation is 2. The van der Waals surface area contributed by atoms with E-state index in [4.69, 9.17) is 0 Å². The van der Waals surface area contributed by atoms with Gasteiger partial charge in [0.1, 0.15) is 0 Å². The second-order valence-electron chi connectivity index (χ2n) is 3.73. The summed E-state index contributed by atoms with van der Waals surface area (Å²) in [6.45, 7) is 12.5. The van der Waals surface area contributed by atoms with E-state index in [9.17, 15) is 0 Å². The molecule has 0 saturated carbocycles. The van der Waals surface area contributed by atoms with Crippen molar-refractivity contribution in [1.29, 1.82) is 0 Å².